The molecule has 0 saturated heterocycles. The lowest BCUT2D eigenvalue weighted by molar-refractivity contribution is 0.378. The summed E-state index contributed by atoms with van der Waals surface area (Å²) in [5, 5.41) is 0.639. The Morgan fingerprint density at radius 2 is 1.75 bits per heavy atom. The van der Waals surface area contributed by atoms with E-state index in [1.807, 2.05) is 57.2 Å². The quantitative estimate of drug-likeness (QED) is 0.768. The van der Waals surface area contributed by atoms with E-state index >= 15 is 0 Å². The molecule has 0 atom stereocenters. The number of aromatic amines is 1. The minimum absolute atomic E-state index is 0.0467. The van der Waals surface area contributed by atoms with Gasteiger partial charge in [0.15, 0.2) is 16.9 Å². The van der Waals surface area contributed by atoms with Crippen LogP contribution in [0.3, 0.4) is 0 Å². The number of rotatable bonds is 4. The highest BCUT2D eigenvalue weighted by Crippen LogP contribution is 2.33. The van der Waals surface area contributed by atoms with E-state index in [4.69, 9.17) is 9.47 Å². The Morgan fingerprint density at radius 3 is 2.42 bits per heavy atom. The van der Waals surface area contributed by atoms with Crippen molar-refractivity contribution in [2.24, 2.45) is 0 Å². The zero-order valence-corrected chi connectivity index (χ0v) is 14.4. The van der Waals surface area contributed by atoms with Gasteiger partial charge in [0.1, 0.15) is 5.75 Å². The minimum atomic E-state index is 0.0467. The van der Waals surface area contributed by atoms with E-state index in [0.717, 1.165) is 28.8 Å². The second kappa shape index (κ2) is 6.40. The summed E-state index contributed by atoms with van der Waals surface area (Å²) < 4.78 is 11.3. The van der Waals surface area contributed by atoms with Crippen molar-refractivity contribution in [3.05, 3.63) is 63.4 Å². The van der Waals surface area contributed by atoms with Crippen LogP contribution in [0, 0.1) is 13.8 Å². The monoisotopic (exact) mass is 323 g/mol. The van der Waals surface area contributed by atoms with E-state index in [-0.39, 0.29) is 5.43 Å². The zero-order valence-electron chi connectivity index (χ0n) is 14.4. The predicted octanol–water partition coefficient (Wildman–Crippen LogP) is 4.51. The molecule has 24 heavy (non-hydrogen) atoms. The van der Waals surface area contributed by atoms with Gasteiger partial charge in [0.05, 0.1) is 12.6 Å². The van der Waals surface area contributed by atoms with Crippen LogP contribution >= 0.6 is 0 Å². The average molecular weight is 323 g/mol. The van der Waals surface area contributed by atoms with Gasteiger partial charge in [-0.25, -0.2) is 0 Å². The van der Waals surface area contributed by atoms with Crippen molar-refractivity contribution in [3.63, 3.8) is 0 Å². The molecule has 0 bridgehead atoms. The lowest BCUT2D eigenvalue weighted by Gasteiger charge is -2.14. The maximum absolute atomic E-state index is 12.6. The Balaban J connectivity index is 2.14. The van der Waals surface area contributed by atoms with Gasteiger partial charge in [0.2, 0.25) is 0 Å². The van der Waals surface area contributed by atoms with Gasteiger partial charge in [0.25, 0.3) is 0 Å². The first-order valence-corrected chi connectivity index (χ1v) is 8.02. The molecule has 0 fully saturated rings. The third-order valence-corrected chi connectivity index (χ3v) is 4.28. The number of aromatic nitrogens is 1. The summed E-state index contributed by atoms with van der Waals surface area (Å²) in [4.78, 5) is 16.0. The van der Waals surface area contributed by atoms with Crippen molar-refractivity contribution in [2.75, 3.05) is 7.11 Å². The third-order valence-electron chi connectivity index (χ3n) is 4.28. The number of fused-ring (bicyclic) bond motifs is 1. The fourth-order valence-corrected chi connectivity index (χ4v) is 2.86. The molecule has 0 aliphatic rings. The lowest BCUT2D eigenvalue weighted by atomic mass is 10.1. The fraction of sp³-hybridized carbons (Fsp3) is 0.250. The van der Waals surface area contributed by atoms with Crippen molar-refractivity contribution in [3.8, 4) is 17.2 Å². The first-order chi connectivity index (χ1) is 11.5. The number of para-hydroxylation sites is 2. The van der Waals surface area contributed by atoms with Crippen LogP contribution in [0.2, 0.25) is 0 Å². The molecule has 3 aromatic rings. The van der Waals surface area contributed by atoms with Crippen LogP contribution in [0.4, 0.5) is 0 Å². The van der Waals surface area contributed by atoms with Crippen LogP contribution in [-0.2, 0) is 6.42 Å². The van der Waals surface area contributed by atoms with Crippen LogP contribution < -0.4 is 14.9 Å². The van der Waals surface area contributed by atoms with E-state index in [1.54, 1.807) is 7.11 Å². The van der Waals surface area contributed by atoms with Crippen LogP contribution in [0.25, 0.3) is 10.9 Å². The third kappa shape index (κ3) is 2.75. The van der Waals surface area contributed by atoms with E-state index < -0.39 is 0 Å². The molecule has 0 unspecified atom stereocenters. The smallest absolute Gasteiger partial charge is 0.192 e. The molecule has 0 spiro atoms. The van der Waals surface area contributed by atoms with Gasteiger partial charge < -0.3 is 14.5 Å². The molecule has 4 heteroatoms. The fourth-order valence-electron chi connectivity index (χ4n) is 2.86. The molecule has 1 heterocycles. The standard InChI is InChI=1S/C20H21NO3/c1-5-15-13(3)20(22)14-11-19(12(2)10-16(14)21-15)24-18-9-7-6-8-17(18)23-4/h6-11H,5H2,1-4H3,(H,21,22). The normalized spacial score (nSPS) is 10.8. The Labute approximate surface area is 141 Å². The van der Waals surface area contributed by atoms with Gasteiger partial charge in [-0.3, -0.25) is 4.79 Å². The average Bonchev–Trinajstić information content (AvgIpc) is 2.60. The molecule has 0 amide bonds. The van der Waals surface area contributed by atoms with Crippen molar-refractivity contribution < 1.29 is 9.47 Å². The lowest BCUT2D eigenvalue weighted by Crippen LogP contribution is -2.11. The summed E-state index contributed by atoms with van der Waals surface area (Å²) in [6.45, 7) is 5.86. The molecule has 4 nitrogen and oxygen atoms in total. The Bertz CT molecular complexity index is 957. The van der Waals surface area contributed by atoms with Gasteiger partial charge in [-0.15, -0.1) is 0 Å². The number of H-pyrrole nitrogens is 1. The first-order valence-electron chi connectivity index (χ1n) is 8.02. The zero-order chi connectivity index (χ0) is 17.3. The maximum Gasteiger partial charge on any atom is 0.192 e. The topological polar surface area (TPSA) is 51.3 Å². The molecule has 1 N–H and O–H groups in total. The molecule has 2 aromatic carbocycles. The number of ether oxygens (including phenoxy) is 2. The van der Waals surface area contributed by atoms with Crippen molar-refractivity contribution in [1.29, 1.82) is 0 Å². The van der Waals surface area contributed by atoms with Gasteiger partial charge in [-0.2, -0.15) is 0 Å². The van der Waals surface area contributed by atoms with E-state index in [0.29, 0.717) is 22.6 Å². The number of benzene rings is 2. The molecule has 0 aliphatic carbocycles. The molecule has 0 saturated carbocycles. The molecule has 1 aromatic heterocycles. The predicted molar refractivity (Wildman–Crippen MR) is 96.5 cm³/mol. The van der Waals surface area contributed by atoms with E-state index in [1.165, 1.54) is 0 Å². The van der Waals surface area contributed by atoms with Crippen LogP contribution in [0.1, 0.15) is 23.7 Å². The van der Waals surface area contributed by atoms with Gasteiger partial charge in [0, 0.05) is 16.6 Å². The Hall–Kier alpha value is -2.75. The highest BCUT2D eigenvalue weighted by Gasteiger charge is 2.12. The van der Waals surface area contributed by atoms with Gasteiger partial charge in [-0.1, -0.05) is 19.1 Å². The summed E-state index contributed by atoms with van der Waals surface area (Å²) in [5.41, 5.74) is 3.58. The number of pyridine rings is 1. The highest BCUT2D eigenvalue weighted by atomic mass is 16.5. The Kier molecular flexibility index (Phi) is 4.30. The number of aryl methyl sites for hydroxylation is 2. The summed E-state index contributed by atoms with van der Waals surface area (Å²) in [6, 6.07) is 11.2. The van der Waals surface area contributed by atoms with Crippen molar-refractivity contribution >= 4 is 10.9 Å². The summed E-state index contributed by atoms with van der Waals surface area (Å²) in [6.07, 6.45) is 0.801. The molecular weight excluding hydrogens is 302 g/mol. The second-order valence-electron chi connectivity index (χ2n) is 5.83. The number of hydrogen-bond acceptors (Lipinski definition) is 3. The van der Waals surface area contributed by atoms with Crippen LogP contribution in [0.15, 0.2) is 41.2 Å². The number of hydrogen-bond donors (Lipinski definition) is 1. The van der Waals surface area contributed by atoms with E-state index in [9.17, 15) is 4.79 Å². The molecular formula is C20H21NO3. The Morgan fingerprint density at radius 1 is 1.04 bits per heavy atom. The molecule has 0 aliphatic heterocycles. The SMILES string of the molecule is CCc1[nH]c2cc(C)c(Oc3ccccc3OC)cc2c(=O)c1C. The maximum atomic E-state index is 12.6. The number of methoxy groups -OCH3 is 1. The van der Waals surface area contributed by atoms with E-state index in [2.05, 4.69) is 4.98 Å². The summed E-state index contributed by atoms with van der Waals surface area (Å²) >= 11 is 0. The van der Waals surface area contributed by atoms with Crippen LogP contribution in [0.5, 0.6) is 17.2 Å². The van der Waals surface area contributed by atoms with Gasteiger partial charge in [-0.05, 0) is 50.1 Å². The summed E-state index contributed by atoms with van der Waals surface area (Å²) in [5.74, 6) is 1.94. The minimum Gasteiger partial charge on any atom is -0.493 e. The van der Waals surface area contributed by atoms with Crippen LogP contribution in [-0.4, -0.2) is 12.1 Å². The largest absolute Gasteiger partial charge is 0.493 e. The highest BCUT2D eigenvalue weighted by molar-refractivity contribution is 5.82. The van der Waals surface area contributed by atoms with Gasteiger partial charge >= 0.3 is 0 Å². The molecule has 3 rings (SSSR count). The summed E-state index contributed by atoms with van der Waals surface area (Å²) in [7, 11) is 1.61. The molecule has 0 radical (unpaired) electrons. The van der Waals surface area contributed by atoms with Crippen molar-refractivity contribution in [1.82, 2.24) is 4.98 Å². The van der Waals surface area contributed by atoms with Crippen molar-refractivity contribution in [2.45, 2.75) is 27.2 Å². The number of nitrogens with one attached hydrogen (secondary N) is 1. The first kappa shape index (κ1) is 16.1. The second-order valence-corrected chi connectivity index (χ2v) is 5.83. The molecule has 124 valence electrons.